The lowest BCUT2D eigenvalue weighted by molar-refractivity contribution is 0.0697. The number of aromatic carboxylic acids is 1. The number of aryl methyl sites for hydroxylation is 1. The van der Waals surface area contributed by atoms with E-state index >= 15 is 0 Å². The van der Waals surface area contributed by atoms with Gasteiger partial charge in [-0.05, 0) is 31.7 Å². The number of thiazole rings is 1. The molecular weight excluding hydrogens is 296 g/mol. The lowest BCUT2D eigenvalue weighted by Gasteiger charge is -2.16. The average molecular weight is 311 g/mol. The SMILES string of the molecule is Cc1nc(CN(C)Cc2ccc(C(=O)O)cc2Cl)cs1. The van der Waals surface area contributed by atoms with E-state index in [0.29, 0.717) is 11.6 Å². The van der Waals surface area contributed by atoms with Crippen LogP contribution in [0, 0.1) is 6.92 Å². The van der Waals surface area contributed by atoms with Gasteiger partial charge in [0.25, 0.3) is 0 Å². The molecule has 20 heavy (non-hydrogen) atoms. The number of hydrogen-bond donors (Lipinski definition) is 1. The van der Waals surface area contributed by atoms with Gasteiger partial charge in [-0.2, -0.15) is 0 Å². The first-order valence-electron chi connectivity index (χ1n) is 6.07. The number of halogens is 1. The van der Waals surface area contributed by atoms with Crippen LogP contribution >= 0.6 is 22.9 Å². The van der Waals surface area contributed by atoms with Gasteiger partial charge in [-0.25, -0.2) is 9.78 Å². The van der Waals surface area contributed by atoms with E-state index in [-0.39, 0.29) is 5.56 Å². The summed E-state index contributed by atoms with van der Waals surface area (Å²) in [6, 6.07) is 4.82. The summed E-state index contributed by atoms with van der Waals surface area (Å²) in [7, 11) is 1.98. The average Bonchev–Trinajstić information content (AvgIpc) is 2.77. The summed E-state index contributed by atoms with van der Waals surface area (Å²) in [6.07, 6.45) is 0. The van der Waals surface area contributed by atoms with Crippen LogP contribution in [0.25, 0.3) is 0 Å². The highest BCUT2D eigenvalue weighted by molar-refractivity contribution is 7.09. The number of carbonyl (C=O) groups is 1. The van der Waals surface area contributed by atoms with Gasteiger partial charge in [-0.1, -0.05) is 17.7 Å². The Labute approximate surface area is 126 Å². The summed E-state index contributed by atoms with van der Waals surface area (Å²) < 4.78 is 0. The molecule has 0 fully saturated rings. The predicted octanol–water partition coefficient (Wildman–Crippen LogP) is 3.44. The van der Waals surface area contributed by atoms with Crippen molar-refractivity contribution < 1.29 is 9.90 Å². The van der Waals surface area contributed by atoms with Gasteiger partial charge in [0.15, 0.2) is 0 Å². The molecule has 4 nitrogen and oxygen atoms in total. The lowest BCUT2D eigenvalue weighted by Crippen LogP contribution is -2.17. The molecule has 0 spiro atoms. The van der Waals surface area contributed by atoms with Crippen LogP contribution in [0.1, 0.15) is 26.6 Å². The zero-order valence-electron chi connectivity index (χ0n) is 11.3. The maximum atomic E-state index is 10.9. The van der Waals surface area contributed by atoms with E-state index < -0.39 is 5.97 Å². The third kappa shape index (κ3) is 3.79. The van der Waals surface area contributed by atoms with Crippen molar-refractivity contribution in [2.45, 2.75) is 20.0 Å². The first kappa shape index (κ1) is 15.0. The van der Waals surface area contributed by atoms with Crippen molar-refractivity contribution in [3.8, 4) is 0 Å². The maximum absolute atomic E-state index is 10.9. The Hall–Kier alpha value is -1.43. The van der Waals surface area contributed by atoms with Crippen LogP contribution in [-0.2, 0) is 13.1 Å². The third-order valence-electron chi connectivity index (χ3n) is 2.84. The Bertz CT molecular complexity index is 627. The molecule has 106 valence electrons. The molecule has 0 aliphatic rings. The maximum Gasteiger partial charge on any atom is 0.335 e. The molecule has 0 aliphatic carbocycles. The Morgan fingerprint density at radius 2 is 2.20 bits per heavy atom. The summed E-state index contributed by atoms with van der Waals surface area (Å²) in [5, 5.41) is 12.5. The fourth-order valence-electron chi connectivity index (χ4n) is 1.91. The van der Waals surface area contributed by atoms with E-state index in [4.69, 9.17) is 16.7 Å². The van der Waals surface area contributed by atoms with Crippen LogP contribution in [0.2, 0.25) is 5.02 Å². The molecule has 1 N–H and O–H groups in total. The molecule has 2 rings (SSSR count). The topological polar surface area (TPSA) is 53.4 Å². The third-order valence-corrected chi connectivity index (χ3v) is 4.01. The number of benzene rings is 1. The summed E-state index contributed by atoms with van der Waals surface area (Å²) in [4.78, 5) is 17.4. The first-order chi connectivity index (χ1) is 9.45. The fraction of sp³-hybridized carbons (Fsp3) is 0.286. The zero-order valence-corrected chi connectivity index (χ0v) is 12.8. The highest BCUT2D eigenvalue weighted by Crippen LogP contribution is 2.20. The minimum Gasteiger partial charge on any atom is -0.478 e. The van der Waals surface area contributed by atoms with E-state index in [2.05, 4.69) is 9.88 Å². The fourth-order valence-corrected chi connectivity index (χ4v) is 2.76. The van der Waals surface area contributed by atoms with Crippen LogP contribution in [0.5, 0.6) is 0 Å². The highest BCUT2D eigenvalue weighted by Gasteiger charge is 2.10. The van der Waals surface area contributed by atoms with Crippen molar-refractivity contribution in [3.05, 3.63) is 50.4 Å². The van der Waals surface area contributed by atoms with Crippen LogP contribution < -0.4 is 0 Å². The molecular formula is C14H15ClN2O2S. The molecule has 0 aliphatic heterocycles. The number of carboxylic acid groups (broad SMARTS) is 1. The molecule has 0 unspecified atom stereocenters. The molecule has 0 radical (unpaired) electrons. The molecule has 1 heterocycles. The van der Waals surface area contributed by atoms with Crippen molar-refractivity contribution in [2.24, 2.45) is 0 Å². The van der Waals surface area contributed by atoms with Crippen LogP contribution in [0.4, 0.5) is 0 Å². The van der Waals surface area contributed by atoms with Gasteiger partial charge in [-0.15, -0.1) is 11.3 Å². The molecule has 0 amide bonds. The molecule has 0 atom stereocenters. The number of rotatable bonds is 5. The largest absolute Gasteiger partial charge is 0.478 e. The van der Waals surface area contributed by atoms with E-state index in [1.54, 1.807) is 23.5 Å². The van der Waals surface area contributed by atoms with Crippen molar-refractivity contribution in [1.29, 1.82) is 0 Å². The van der Waals surface area contributed by atoms with Crippen LogP contribution in [-0.4, -0.2) is 28.0 Å². The van der Waals surface area contributed by atoms with Gasteiger partial charge in [0.1, 0.15) is 0 Å². The van der Waals surface area contributed by atoms with Crippen LogP contribution in [0.15, 0.2) is 23.6 Å². The predicted molar refractivity (Wildman–Crippen MR) is 80.4 cm³/mol. The molecule has 2 aromatic rings. The minimum absolute atomic E-state index is 0.205. The smallest absolute Gasteiger partial charge is 0.335 e. The zero-order chi connectivity index (χ0) is 14.7. The Kier molecular flexibility index (Phi) is 4.75. The number of aromatic nitrogens is 1. The molecule has 1 aromatic heterocycles. The standard InChI is InChI=1S/C14H15ClN2O2S/c1-9-16-12(8-20-9)7-17(2)6-11-4-3-10(14(18)19)5-13(11)15/h3-5,8H,6-7H2,1-2H3,(H,18,19). The van der Waals surface area contributed by atoms with Gasteiger partial charge < -0.3 is 5.11 Å². The van der Waals surface area contributed by atoms with Gasteiger partial charge in [0.2, 0.25) is 0 Å². The summed E-state index contributed by atoms with van der Waals surface area (Å²) >= 11 is 7.75. The van der Waals surface area contributed by atoms with Gasteiger partial charge in [-0.3, -0.25) is 4.90 Å². The van der Waals surface area contributed by atoms with Gasteiger partial charge in [0.05, 0.1) is 16.3 Å². The molecule has 0 saturated carbocycles. The Morgan fingerprint density at radius 3 is 2.75 bits per heavy atom. The van der Waals surface area contributed by atoms with E-state index in [9.17, 15) is 4.79 Å². The lowest BCUT2D eigenvalue weighted by atomic mass is 10.1. The van der Waals surface area contributed by atoms with Crippen LogP contribution in [0.3, 0.4) is 0 Å². The van der Waals surface area contributed by atoms with E-state index in [1.165, 1.54) is 6.07 Å². The van der Waals surface area contributed by atoms with Gasteiger partial charge >= 0.3 is 5.97 Å². The molecule has 6 heteroatoms. The second kappa shape index (κ2) is 6.35. The van der Waals surface area contributed by atoms with Crippen molar-refractivity contribution in [2.75, 3.05) is 7.05 Å². The van der Waals surface area contributed by atoms with Crippen molar-refractivity contribution in [3.63, 3.8) is 0 Å². The number of nitrogens with zero attached hydrogens (tertiary/aromatic N) is 2. The highest BCUT2D eigenvalue weighted by atomic mass is 35.5. The normalized spacial score (nSPS) is 11.0. The van der Waals surface area contributed by atoms with E-state index in [0.717, 1.165) is 22.8 Å². The molecule has 0 bridgehead atoms. The number of carboxylic acids is 1. The van der Waals surface area contributed by atoms with Gasteiger partial charge in [0, 0.05) is 23.5 Å². The first-order valence-corrected chi connectivity index (χ1v) is 7.32. The Morgan fingerprint density at radius 1 is 1.45 bits per heavy atom. The van der Waals surface area contributed by atoms with Crippen molar-refractivity contribution >= 4 is 28.9 Å². The Balaban J connectivity index is 2.04. The molecule has 1 aromatic carbocycles. The minimum atomic E-state index is -0.968. The second-order valence-electron chi connectivity index (χ2n) is 4.64. The van der Waals surface area contributed by atoms with E-state index in [1.807, 2.05) is 19.4 Å². The monoisotopic (exact) mass is 310 g/mol. The summed E-state index contributed by atoms with van der Waals surface area (Å²) in [5.41, 5.74) is 2.15. The number of hydrogen-bond acceptors (Lipinski definition) is 4. The van der Waals surface area contributed by atoms with Crippen molar-refractivity contribution in [1.82, 2.24) is 9.88 Å². The molecule has 0 saturated heterocycles. The summed E-state index contributed by atoms with van der Waals surface area (Å²) in [5.74, 6) is -0.968. The second-order valence-corrected chi connectivity index (χ2v) is 6.11. The quantitative estimate of drug-likeness (QED) is 0.919. The summed E-state index contributed by atoms with van der Waals surface area (Å²) in [6.45, 7) is 3.37.